The van der Waals surface area contributed by atoms with Crippen molar-refractivity contribution in [2.24, 2.45) is 0 Å². The Balaban J connectivity index is 2.52. The van der Waals surface area contributed by atoms with E-state index in [-0.39, 0.29) is 10.8 Å². The van der Waals surface area contributed by atoms with Crippen molar-refractivity contribution in [1.82, 2.24) is 0 Å². The molecule has 0 N–H and O–H groups in total. The van der Waals surface area contributed by atoms with Crippen LogP contribution in [0.2, 0.25) is 0 Å². The largest absolute Gasteiger partial charge is 0.121 e. The molecular weight excluding hydrogens is 375 g/mol. The van der Waals surface area contributed by atoms with Crippen molar-refractivity contribution >= 4 is 55.1 Å². The molecule has 0 fully saturated rings. The summed E-state index contributed by atoms with van der Waals surface area (Å²) in [6.07, 6.45) is 10.9. The van der Waals surface area contributed by atoms with E-state index in [0.717, 1.165) is 32.1 Å². The van der Waals surface area contributed by atoms with Gasteiger partial charge < -0.3 is 0 Å². The summed E-state index contributed by atoms with van der Waals surface area (Å²) in [5.74, 6) is 0. The summed E-state index contributed by atoms with van der Waals surface area (Å²) in [7, 11) is 0. The van der Waals surface area contributed by atoms with E-state index >= 15 is 0 Å². The molecule has 4 heteroatoms. The molecule has 1 aliphatic rings. The van der Waals surface area contributed by atoms with E-state index in [1.165, 1.54) is 6.42 Å². The van der Waals surface area contributed by atoms with Gasteiger partial charge in [0.15, 0.2) is 0 Å². The fraction of sp³-hybridized carbons (Fsp3) is 0.833. The third-order valence-electron chi connectivity index (χ3n) is 2.89. The van der Waals surface area contributed by atoms with Crippen molar-refractivity contribution in [3.8, 4) is 0 Å². The van der Waals surface area contributed by atoms with Crippen LogP contribution in [0.25, 0.3) is 0 Å². The standard InChI is InChI=1S/C12H18Br2Cl2/c13-9-5-3-1-2-4-6-11(15)12(16)8-7-10(9)14/h1-2,9-12H,3-8H2/b2-1-. The molecular formula is C12H18Br2Cl2. The normalized spacial score (nSPS) is 40.8. The molecule has 0 aromatic carbocycles. The SMILES string of the molecule is ClC1CC/C=C\CCC(Br)C(Br)CCC1Cl. The maximum absolute atomic E-state index is 6.28. The van der Waals surface area contributed by atoms with Crippen LogP contribution in [0.5, 0.6) is 0 Å². The first-order valence-electron chi connectivity index (χ1n) is 5.82. The topological polar surface area (TPSA) is 0 Å². The molecule has 1 aliphatic carbocycles. The van der Waals surface area contributed by atoms with Crippen LogP contribution >= 0.6 is 55.1 Å². The molecule has 0 heterocycles. The third kappa shape index (κ3) is 5.75. The number of halogens is 4. The molecule has 0 spiro atoms. The summed E-state index contributed by atoms with van der Waals surface area (Å²) in [4.78, 5) is 1.01. The van der Waals surface area contributed by atoms with Crippen LogP contribution in [-0.4, -0.2) is 20.4 Å². The summed E-state index contributed by atoms with van der Waals surface area (Å²) in [6.45, 7) is 0. The second kappa shape index (κ2) is 8.39. The first kappa shape index (κ1) is 15.3. The van der Waals surface area contributed by atoms with E-state index in [4.69, 9.17) is 23.2 Å². The fourth-order valence-electron chi connectivity index (χ4n) is 1.79. The molecule has 4 unspecified atom stereocenters. The molecule has 0 bridgehead atoms. The second-order valence-corrected chi connectivity index (χ2v) is 7.74. The number of hydrogen-bond acceptors (Lipinski definition) is 0. The van der Waals surface area contributed by atoms with Crippen molar-refractivity contribution in [1.29, 1.82) is 0 Å². The lowest BCUT2D eigenvalue weighted by Gasteiger charge is -2.20. The Morgan fingerprint density at radius 2 is 1.25 bits per heavy atom. The first-order valence-corrected chi connectivity index (χ1v) is 8.53. The summed E-state index contributed by atoms with van der Waals surface area (Å²) in [5, 5.41) is 0.188. The van der Waals surface area contributed by atoms with E-state index in [1.807, 2.05) is 0 Å². The van der Waals surface area contributed by atoms with Crippen LogP contribution < -0.4 is 0 Å². The average Bonchev–Trinajstić information content (AvgIpc) is 2.27. The van der Waals surface area contributed by atoms with Crippen molar-refractivity contribution in [3.63, 3.8) is 0 Å². The molecule has 0 radical (unpaired) electrons. The summed E-state index contributed by atoms with van der Waals surface area (Å²) >= 11 is 20.0. The van der Waals surface area contributed by atoms with Gasteiger partial charge in [0.2, 0.25) is 0 Å². The molecule has 0 aromatic heterocycles. The van der Waals surface area contributed by atoms with Gasteiger partial charge in [0.25, 0.3) is 0 Å². The van der Waals surface area contributed by atoms with Gasteiger partial charge in [0.05, 0.1) is 5.38 Å². The molecule has 1 rings (SSSR count). The average molecular weight is 393 g/mol. The second-order valence-electron chi connectivity index (χ2n) is 4.27. The van der Waals surface area contributed by atoms with Gasteiger partial charge in [0.1, 0.15) is 0 Å². The molecule has 16 heavy (non-hydrogen) atoms. The minimum absolute atomic E-state index is 0.0919. The minimum atomic E-state index is 0.0919. The maximum atomic E-state index is 6.28. The van der Waals surface area contributed by atoms with Crippen LogP contribution in [0, 0.1) is 0 Å². The summed E-state index contributed by atoms with van der Waals surface area (Å²) in [6, 6.07) is 0. The van der Waals surface area contributed by atoms with Crippen LogP contribution in [0.4, 0.5) is 0 Å². The van der Waals surface area contributed by atoms with Crippen molar-refractivity contribution < 1.29 is 0 Å². The molecule has 0 nitrogen and oxygen atoms in total. The Labute approximate surface area is 125 Å². The van der Waals surface area contributed by atoms with Crippen molar-refractivity contribution in [2.75, 3.05) is 0 Å². The predicted molar refractivity (Wildman–Crippen MR) is 81.6 cm³/mol. The van der Waals surface area contributed by atoms with E-state index in [2.05, 4.69) is 44.0 Å². The molecule has 0 amide bonds. The zero-order valence-corrected chi connectivity index (χ0v) is 13.9. The monoisotopic (exact) mass is 390 g/mol. The van der Waals surface area contributed by atoms with E-state index in [9.17, 15) is 0 Å². The molecule has 0 saturated heterocycles. The number of alkyl halides is 4. The van der Waals surface area contributed by atoms with Gasteiger partial charge in [-0.15, -0.1) is 23.2 Å². The van der Waals surface area contributed by atoms with Gasteiger partial charge in [-0.25, -0.2) is 0 Å². The van der Waals surface area contributed by atoms with Crippen LogP contribution in [-0.2, 0) is 0 Å². The van der Waals surface area contributed by atoms with Crippen molar-refractivity contribution in [3.05, 3.63) is 12.2 Å². The minimum Gasteiger partial charge on any atom is -0.121 e. The zero-order chi connectivity index (χ0) is 12.0. The van der Waals surface area contributed by atoms with Crippen LogP contribution in [0.3, 0.4) is 0 Å². The fourth-order valence-corrected chi connectivity index (χ4v) is 3.35. The summed E-state index contributed by atoms with van der Waals surface area (Å²) in [5.41, 5.74) is 0. The highest BCUT2D eigenvalue weighted by Crippen LogP contribution is 2.28. The van der Waals surface area contributed by atoms with Gasteiger partial charge in [0, 0.05) is 15.0 Å². The Morgan fingerprint density at radius 1 is 0.750 bits per heavy atom. The van der Waals surface area contributed by atoms with Gasteiger partial charge in [-0.2, -0.15) is 0 Å². The number of rotatable bonds is 0. The smallest absolute Gasteiger partial charge is 0.0502 e. The van der Waals surface area contributed by atoms with E-state index in [1.54, 1.807) is 0 Å². The highest BCUT2D eigenvalue weighted by atomic mass is 79.9. The number of hydrogen-bond donors (Lipinski definition) is 0. The lowest BCUT2D eigenvalue weighted by Crippen LogP contribution is -2.20. The predicted octanol–water partition coefficient (Wildman–Crippen LogP) is 5.64. The molecule has 4 atom stereocenters. The van der Waals surface area contributed by atoms with E-state index < -0.39 is 0 Å². The van der Waals surface area contributed by atoms with Gasteiger partial charge in [-0.1, -0.05) is 44.0 Å². The summed E-state index contributed by atoms with van der Waals surface area (Å²) < 4.78 is 0. The molecule has 0 aromatic rings. The van der Waals surface area contributed by atoms with E-state index in [0.29, 0.717) is 9.65 Å². The lowest BCUT2D eigenvalue weighted by atomic mass is 10.0. The Morgan fingerprint density at radius 3 is 1.94 bits per heavy atom. The van der Waals surface area contributed by atoms with Crippen molar-refractivity contribution in [2.45, 2.75) is 58.9 Å². The highest BCUT2D eigenvalue weighted by molar-refractivity contribution is 9.12. The maximum Gasteiger partial charge on any atom is 0.0502 e. The Kier molecular flexibility index (Phi) is 8.05. The quantitative estimate of drug-likeness (QED) is 0.369. The molecule has 0 saturated carbocycles. The van der Waals surface area contributed by atoms with Crippen LogP contribution in [0.1, 0.15) is 38.5 Å². The lowest BCUT2D eigenvalue weighted by molar-refractivity contribution is 0.600. The number of allylic oxidation sites excluding steroid dienone is 2. The Bertz CT molecular complexity index is 199. The van der Waals surface area contributed by atoms with Gasteiger partial charge >= 0.3 is 0 Å². The molecule has 94 valence electrons. The van der Waals surface area contributed by atoms with Gasteiger partial charge in [-0.3, -0.25) is 0 Å². The molecule has 0 aliphatic heterocycles. The zero-order valence-electron chi connectivity index (χ0n) is 9.22. The first-order chi connectivity index (χ1) is 7.61. The highest BCUT2D eigenvalue weighted by Gasteiger charge is 2.21. The third-order valence-corrected chi connectivity index (χ3v) is 6.96. The van der Waals surface area contributed by atoms with Crippen LogP contribution in [0.15, 0.2) is 12.2 Å². The Hall–Kier alpha value is 1.28. The van der Waals surface area contributed by atoms with Gasteiger partial charge in [-0.05, 0) is 38.5 Å².